The smallest absolute Gasteiger partial charge is 0.292 e. The van der Waals surface area contributed by atoms with Crippen LogP contribution in [0.4, 0.5) is 0 Å². The van der Waals surface area contributed by atoms with Crippen molar-refractivity contribution in [2.75, 3.05) is 13.1 Å². The second kappa shape index (κ2) is 4.39. The van der Waals surface area contributed by atoms with Crippen molar-refractivity contribution in [3.05, 3.63) is 17.5 Å². The molecule has 1 amide bonds. The van der Waals surface area contributed by atoms with E-state index in [1.54, 1.807) is 6.20 Å². The van der Waals surface area contributed by atoms with Crippen LogP contribution in [0.2, 0.25) is 0 Å². The Hall–Kier alpha value is -1.36. The van der Waals surface area contributed by atoms with Crippen molar-refractivity contribution >= 4 is 5.91 Å². The van der Waals surface area contributed by atoms with Crippen molar-refractivity contribution in [1.29, 1.82) is 0 Å². The van der Waals surface area contributed by atoms with Gasteiger partial charge in [0, 0.05) is 24.7 Å². The van der Waals surface area contributed by atoms with Gasteiger partial charge in [-0.15, -0.1) is 0 Å². The first-order chi connectivity index (χ1) is 8.65. The van der Waals surface area contributed by atoms with Crippen LogP contribution in [0.1, 0.15) is 35.4 Å². The van der Waals surface area contributed by atoms with E-state index < -0.39 is 0 Å². The first kappa shape index (κ1) is 11.7. The minimum Gasteiger partial charge on any atom is -0.351 e. The molecule has 3 rings (SSSR count). The molecule has 0 radical (unpaired) electrons. The normalized spacial score (nSPS) is 31.4. The molecule has 1 aromatic rings. The highest BCUT2D eigenvalue weighted by Gasteiger charge is 2.39. The van der Waals surface area contributed by atoms with Gasteiger partial charge < -0.3 is 15.2 Å². The first-order valence-corrected chi connectivity index (χ1v) is 6.61. The molecule has 1 saturated heterocycles. The zero-order valence-electron chi connectivity index (χ0n) is 10.6. The van der Waals surface area contributed by atoms with Gasteiger partial charge in [-0.1, -0.05) is 5.16 Å². The molecule has 0 aromatic carbocycles. The number of nitrogens with zero attached hydrogens (tertiary/aromatic N) is 2. The van der Waals surface area contributed by atoms with Gasteiger partial charge in [0.25, 0.3) is 5.91 Å². The Morgan fingerprint density at radius 3 is 2.94 bits per heavy atom. The number of aryl methyl sites for hydroxylation is 1. The Bertz CT molecular complexity index is 457. The lowest BCUT2D eigenvalue weighted by molar-refractivity contribution is 0.0741. The fourth-order valence-electron chi connectivity index (χ4n) is 3.27. The van der Waals surface area contributed by atoms with E-state index in [1.165, 1.54) is 0 Å². The third kappa shape index (κ3) is 1.92. The van der Waals surface area contributed by atoms with Crippen molar-refractivity contribution in [1.82, 2.24) is 10.1 Å². The quantitative estimate of drug-likeness (QED) is 0.811. The molecular weight excluding hydrogens is 230 g/mol. The Kier molecular flexibility index (Phi) is 2.86. The zero-order valence-corrected chi connectivity index (χ0v) is 10.6. The molecule has 2 heterocycles. The zero-order chi connectivity index (χ0) is 12.7. The van der Waals surface area contributed by atoms with Gasteiger partial charge in [0.2, 0.25) is 5.76 Å². The van der Waals surface area contributed by atoms with Crippen LogP contribution in [-0.4, -0.2) is 35.1 Å². The monoisotopic (exact) mass is 249 g/mol. The third-order valence-corrected chi connectivity index (χ3v) is 4.32. The van der Waals surface area contributed by atoms with Crippen molar-refractivity contribution in [2.45, 2.75) is 32.2 Å². The molecule has 1 unspecified atom stereocenters. The molecule has 1 aliphatic carbocycles. The van der Waals surface area contributed by atoms with Gasteiger partial charge in [0.05, 0.1) is 6.20 Å². The molecule has 18 heavy (non-hydrogen) atoms. The van der Waals surface area contributed by atoms with Gasteiger partial charge in [-0.3, -0.25) is 4.79 Å². The summed E-state index contributed by atoms with van der Waals surface area (Å²) in [6.07, 6.45) is 4.87. The van der Waals surface area contributed by atoms with Crippen molar-refractivity contribution in [2.24, 2.45) is 17.6 Å². The van der Waals surface area contributed by atoms with E-state index in [0.717, 1.165) is 37.9 Å². The maximum Gasteiger partial charge on any atom is 0.292 e. The maximum absolute atomic E-state index is 12.3. The van der Waals surface area contributed by atoms with Crippen LogP contribution >= 0.6 is 0 Å². The predicted octanol–water partition coefficient (Wildman–Crippen LogP) is 1.18. The summed E-state index contributed by atoms with van der Waals surface area (Å²) < 4.78 is 5.05. The number of rotatable bonds is 1. The fraction of sp³-hybridized carbons (Fsp3) is 0.692. The predicted molar refractivity (Wildman–Crippen MR) is 65.9 cm³/mol. The summed E-state index contributed by atoms with van der Waals surface area (Å²) in [5, 5.41) is 3.67. The topological polar surface area (TPSA) is 72.4 Å². The lowest BCUT2D eigenvalue weighted by Crippen LogP contribution is -2.32. The van der Waals surface area contributed by atoms with Crippen molar-refractivity contribution < 1.29 is 9.32 Å². The lowest BCUT2D eigenvalue weighted by atomic mass is 9.79. The average Bonchev–Trinajstić information content (AvgIpc) is 2.93. The highest BCUT2D eigenvalue weighted by atomic mass is 16.5. The summed E-state index contributed by atoms with van der Waals surface area (Å²) in [6, 6.07) is 0.313. The molecule has 98 valence electrons. The second-order valence-corrected chi connectivity index (χ2v) is 5.64. The van der Waals surface area contributed by atoms with Gasteiger partial charge in [-0.25, -0.2) is 0 Å². The van der Waals surface area contributed by atoms with E-state index in [0.29, 0.717) is 23.6 Å². The molecule has 1 aromatic heterocycles. The van der Waals surface area contributed by atoms with Gasteiger partial charge in [-0.05, 0) is 38.0 Å². The molecule has 1 saturated carbocycles. The molecule has 0 bridgehead atoms. The van der Waals surface area contributed by atoms with Crippen LogP contribution in [0, 0.1) is 18.8 Å². The fourth-order valence-corrected chi connectivity index (χ4v) is 3.27. The number of fused-ring (bicyclic) bond motifs is 1. The first-order valence-electron chi connectivity index (χ1n) is 6.61. The maximum atomic E-state index is 12.3. The highest BCUT2D eigenvalue weighted by Crippen LogP contribution is 2.36. The van der Waals surface area contributed by atoms with Gasteiger partial charge in [0.1, 0.15) is 0 Å². The number of carbonyl (C=O) groups is 1. The molecule has 2 fully saturated rings. The molecule has 3 atom stereocenters. The van der Waals surface area contributed by atoms with Crippen molar-refractivity contribution in [3.8, 4) is 0 Å². The molecule has 2 N–H and O–H groups in total. The van der Waals surface area contributed by atoms with Crippen LogP contribution in [0.25, 0.3) is 0 Å². The van der Waals surface area contributed by atoms with Gasteiger partial charge in [-0.2, -0.15) is 0 Å². The molecule has 2 aliphatic rings. The van der Waals surface area contributed by atoms with Crippen LogP contribution in [-0.2, 0) is 0 Å². The summed E-state index contributed by atoms with van der Waals surface area (Å²) in [6.45, 7) is 3.51. The Morgan fingerprint density at radius 1 is 1.44 bits per heavy atom. The highest BCUT2D eigenvalue weighted by molar-refractivity contribution is 5.92. The van der Waals surface area contributed by atoms with Crippen LogP contribution in [0.3, 0.4) is 0 Å². The van der Waals surface area contributed by atoms with Gasteiger partial charge >= 0.3 is 0 Å². The molecule has 5 heteroatoms. The number of hydrogen-bond acceptors (Lipinski definition) is 4. The Morgan fingerprint density at radius 2 is 2.22 bits per heavy atom. The summed E-state index contributed by atoms with van der Waals surface area (Å²) in [5.41, 5.74) is 6.81. The average molecular weight is 249 g/mol. The van der Waals surface area contributed by atoms with E-state index in [9.17, 15) is 4.79 Å². The number of hydrogen-bond donors (Lipinski definition) is 1. The van der Waals surface area contributed by atoms with E-state index in [1.807, 2.05) is 11.8 Å². The minimum atomic E-state index is -0.0204. The minimum absolute atomic E-state index is 0.0204. The number of carbonyl (C=O) groups excluding carboxylic acids is 1. The molecule has 0 spiro atoms. The number of nitrogens with two attached hydrogens (primary N) is 1. The Labute approximate surface area is 106 Å². The van der Waals surface area contributed by atoms with Crippen LogP contribution < -0.4 is 5.73 Å². The molecule has 1 aliphatic heterocycles. The second-order valence-electron chi connectivity index (χ2n) is 5.64. The summed E-state index contributed by atoms with van der Waals surface area (Å²) >= 11 is 0. The largest absolute Gasteiger partial charge is 0.351 e. The Balaban J connectivity index is 1.72. The standard InChI is InChI=1S/C13H19N3O2/c1-8-5-15-18-12(8)13(17)16-6-9-2-3-11(14)4-10(9)7-16/h5,9-11H,2-4,6-7,14H2,1H3/t9-,10+,11?/m1/s1. The number of aromatic nitrogens is 1. The van der Waals surface area contributed by atoms with Gasteiger partial charge in [0.15, 0.2) is 0 Å². The lowest BCUT2D eigenvalue weighted by Gasteiger charge is -2.27. The summed E-state index contributed by atoms with van der Waals surface area (Å²) in [5.74, 6) is 1.56. The van der Waals surface area contributed by atoms with Crippen LogP contribution in [0.5, 0.6) is 0 Å². The van der Waals surface area contributed by atoms with E-state index in [-0.39, 0.29) is 5.91 Å². The molecule has 5 nitrogen and oxygen atoms in total. The van der Waals surface area contributed by atoms with Crippen LogP contribution in [0.15, 0.2) is 10.7 Å². The van der Waals surface area contributed by atoms with E-state index in [4.69, 9.17) is 10.3 Å². The third-order valence-electron chi connectivity index (χ3n) is 4.32. The summed E-state index contributed by atoms with van der Waals surface area (Å²) in [4.78, 5) is 14.2. The summed E-state index contributed by atoms with van der Waals surface area (Å²) in [7, 11) is 0. The SMILES string of the molecule is Cc1cnoc1C(=O)N1C[C@H]2CCC(N)C[C@H]2C1. The van der Waals surface area contributed by atoms with E-state index in [2.05, 4.69) is 5.16 Å². The van der Waals surface area contributed by atoms with E-state index >= 15 is 0 Å². The van der Waals surface area contributed by atoms with Crippen molar-refractivity contribution in [3.63, 3.8) is 0 Å². The number of likely N-dealkylation sites (tertiary alicyclic amines) is 1. The number of amides is 1. The molecular formula is C13H19N3O2.